The molecule has 1 unspecified atom stereocenters. The quantitative estimate of drug-likeness (QED) is 0.123. The molecule has 0 aromatic heterocycles. The average Bonchev–Trinajstić information content (AvgIpc) is 2.81. The first-order chi connectivity index (χ1) is 17.3. The van der Waals surface area contributed by atoms with Crippen LogP contribution in [0, 0.1) is 11.8 Å². The van der Waals surface area contributed by atoms with Gasteiger partial charge in [-0.2, -0.15) is 0 Å². The molecule has 1 heterocycles. The van der Waals surface area contributed by atoms with Crippen molar-refractivity contribution < 1.29 is 23.9 Å². The van der Waals surface area contributed by atoms with Crippen molar-refractivity contribution in [2.75, 3.05) is 0 Å². The fourth-order valence-corrected chi connectivity index (χ4v) is 5.05. The molecule has 1 amide bonds. The minimum Gasteiger partial charge on any atom is -0.461 e. The number of cyclic esters (lactones) is 1. The largest absolute Gasteiger partial charge is 0.461 e. The van der Waals surface area contributed by atoms with Crippen LogP contribution in [0.5, 0.6) is 0 Å². The zero-order valence-electron chi connectivity index (χ0n) is 23.9. The molecular weight excluding hydrogens is 454 g/mol. The highest BCUT2D eigenvalue weighted by molar-refractivity contribution is 5.83. The van der Waals surface area contributed by atoms with E-state index in [1.54, 1.807) is 0 Å². The summed E-state index contributed by atoms with van der Waals surface area (Å²) in [5, 5.41) is 2.76. The normalized spacial score (nSPS) is 18.9. The fourth-order valence-electron chi connectivity index (χ4n) is 5.05. The van der Waals surface area contributed by atoms with Gasteiger partial charge in [0.2, 0.25) is 5.91 Å². The minimum atomic E-state index is -0.637. The fraction of sp³-hybridized carbons (Fsp3) is 0.900. The van der Waals surface area contributed by atoms with Crippen LogP contribution in [0.25, 0.3) is 0 Å². The Kier molecular flexibility index (Phi) is 17.6. The van der Waals surface area contributed by atoms with Crippen LogP contribution >= 0.6 is 0 Å². The van der Waals surface area contributed by atoms with Gasteiger partial charge in [0.25, 0.3) is 0 Å². The number of carbonyl (C=O) groups is 3. The summed E-state index contributed by atoms with van der Waals surface area (Å²) in [7, 11) is 0. The Balaban J connectivity index is 2.63. The Morgan fingerprint density at radius 1 is 0.889 bits per heavy atom. The molecule has 0 radical (unpaired) electrons. The van der Waals surface area contributed by atoms with Gasteiger partial charge in [0.05, 0.1) is 5.92 Å². The molecule has 0 aromatic rings. The van der Waals surface area contributed by atoms with E-state index >= 15 is 0 Å². The number of amides is 1. The number of esters is 2. The predicted octanol–water partition coefficient (Wildman–Crippen LogP) is 7.27. The van der Waals surface area contributed by atoms with E-state index in [2.05, 4.69) is 19.2 Å². The number of hydrogen-bond donors (Lipinski definition) is 1. The number of nitrogens with one attached hydrogen (secondary N) is 1. The second-order valence-electron chi connectivity index (χ2n) is 11.2. The third-order valence-electron chi connectivity index (χ3n) is 7.16. The Bertz CT molecular complexity index is 620. The van der Waals surface area contributed by atoms with Crippen LogP contribution in [-0.4, -0.2) is 36.1 Å². The van der Waals surface area contributed by atoms with Crippen LogP contribution in [0.3, 0.4) is 0 Å². The van der Waals surface area contributed by atoms with Crippen LogP contribution in [0.2, 0.25) is 0 Å². The molecule has 1 saturated heterocycles. The number of ether oxygens (including phenoxy) is 2. The number of rotatable bonds is 22. The minimum absolute atomic E-state index is 0.0759. The monoisotopic (exact) mass is 509 g/mol. The maximum atomic E-state index is 13.0. The van der Waals surface area contributed by atoms with E-state index in [-0.39, 0.29) is 41.9 Å². The highest BCUT2D eigenvalue weighted by atomic mass is 16.6. The van der Waals surface area contributed by atoms with E-state index in [1.807, 2.05) is 13.8 Å². The van der Waals surface area contributed by atoms with Gasteiger partial charge in [-0.25, -0.2) is 4.79 Å². The molecule has 1 fully saturated rings. The molecule has 1 rings (SSSR count). The summed E-state index contributed by atoms with van der Waals surface area (Å²) in [5.74, 6) is -0.531. The van der Waals surface area contributed by atoms with E-state index in [4.69, 9.17) is 9.47 Å². The van der Waals surface area contributed by atoms with Gasteiger partial charge in [0.15, 0.2) is 0 Å². The smallest absolute Gasteiger partial charge is 0.328 e. The molecule has 6 nitrogen and oxygen atoms in total. The van der Waals surface area contributed by atoms with Gasteiger partial charge in [-0.1, -0.05) is 105 Å². The van der Waals surface area contributed by atoms with Gasteiger partial charge in [0, 0.05) is 13.3 Å². The van der Waals surface area contributed by atoms with Crippen molar-refractivity contribution >= 4 is 17.8 Å². The van der Waals surface area contributed by atoms with Crippen LogP contribution in [0.15, 0.2) is 0 Å². The Hall–Kier alpha value is -1.59. The number of carbonyl (C=O) groups excluding carboxylic acids is 3. The summed E-state index contributed by atoms with van der Waals surface area (Å²) in [4.78, 5) is 36.8. The standard InChI is InChI=1S/C30H55NO5/c1-6-8-10-12-13-14-15-16-17-19-25(35-30(34)27(21-23(3)4)31-24(5)32)22-28-26(29(33)36-28)20-18-11-9-7-2/h23,25-28H,6-22H2,1-5H3,(H,31,32)/t25?,26-,27-,28-/m0/s1. The van der Waals surface area contributed by atoms with E-state index < -0.39 is 6.04 Å². The summed E-state index contributed by atoms with van der Waals surface area (Å²) >= 11 is 0. The van der Waals surface area contributed by atoms with Crippen molar-refractivity contribution in [1.29, 1.82) is 0 Å². The van der Waals surface area contributed by atoms with Gasteiger partial charge in [-0.3, -0.25) is 9.59 Å². The van der Waals surface area contributed by atoms with Crippen LogP contribution < -0.4 is 5.32 Å². The maximum absolute atomic E-state index is 13.0. The van der Waals surface area contributed by atoms with Gasteiger partial charge < -0.3 is 14.8 Å². The lowest BCUT2D eigenvalue weighted by atomic mass is 9.86. The van der Waals surface area contributed by atoms with E-state index in [1.165, 1.54) is 64.7 Å². The molecular formula is C30H55NO5. The molecule has 0 aromatic carbocycles. The van der Waals surface area contributed by atoms with Gasteiger partial charge in [-0.15, -0.1) is 0 Å². The van der Waals surface area contributed by atoms with Crippen molar-refractivity contribution in [3.05, 3.63) is 0 Å². The van der Waals surface area contributed by atoms with Crippen molar-refractivity contribution in [3.8, 4) is 0 Å². The molecule has 0 saturated carbocycles. The third-order valence-corrected chi connectivity index (χ3v) is 7.16. The predicted molar refractivity (Wildman–Crippen MR) is 146 cm³/mol. The highest BCUT2D eigenvalue weighted by Crippen LogP contribution is 2.32. The number of hydrogen-bond acceptors (Lipinski definition) is 5. The summed E-state index contributed by atoms with van der Waals surface area (Å²) in [6, 6.07) is -0.637. The summed E-state index contributed by atoms with van der Waals surface area (Å²) in [5.41, 5.74) is 0. The molecule has 6 heteroatoms. The van der Waals surface area contributed by atoms with Crippen molar-refractivity contribution in [3.63, 3.8) is 0 Å². The van der Waals surface area contributed by atoms with E-state index in [9.17, 15) is 14.4 Å². The van der Waals surface area contributed by atoms with Gasteiger partial charge in [-0.05, 0) is 31.6 Å². The summed E-state index contributed by atoms with van der Waals surface area (Å²) < 4.78 is 11.5. The van der Waals surface area contributed by atoms with E-state index in [0.29, 0.717) is 12.8 Å². The molecule has 210 valence electrons. The molecule has 1 aliphatic heterocycles. The van der Waals surface area contributed by atoms with Crippen LogP contribution in [0.1, 0.15) is 144 Å². The molecule has 1 N–H and O–H groups in total. The lowest BCUT2D eigenvalue weighted by molar-refractivity contribution is -0.190. The molecule has 0 aliphatic carbocycles. The molecule has 0 spiro atoms. The topological polar surface area (TPSA) is 81.7 Å². The van der Waals surface area contributed by atoms with E-state index in [0.717, 1.165) is 38.5 Å². The second-order valence-corrected chi connectivity index (χ2v) is 11.2. The second kappa shape index (κ2) is 19.5. The van der Waals surface area contributed by atoms with Crippen LogP contribution in [-0.2, 0) is 23.9 Å². The highest BCUT2D eigenvalue weighted by Gasteiger charge is 2.43. The number of unbranched alkanes of at least 4 members (excludes halogenated alkanes) is 11. The van der Waals surface area contributed by atoms with Crippen molar-refractivity contribution in [1.82, 2.24) is 5.32 Å². The molecule has 4 atom stereocenters. The molecule has 0 bridgehead atoms. The Morgan fingerprint density at radius 3 is 1.97 bits per heavy atom. The average molecular weight is 510 g/mol. The van der Waals surface area contributed by atoms with Crippen molar-refractivity contribution in [2.45, 2.75) is 162 Å². The zero-order valence-corrected chi connectivity index (χ0v) is 23.9. The summed E-state index contributed by atoms with van der Waals surface area (Å²) in [6.45, 7) is 9.90. The molecule has 36 heavy (non-hydrogen) atoms. The first kappa shape index (κ1) is 32.4. The first-order valence-electron chi connectivity index (χ1n) is 15.0. The lowest BCUT2D eigenvalue weighted by Gasteiger charge is -2.37. The van der Waals surface area contributed by atoms with Crippen LogP contribution in [0.4, 0.5) is 0 Å². The zero-order chi connectivity index (χ0) is 26.8. The van der Waals surface area contributed by atoms with Crippen molar-refractivity contribution in [2.24, 2.45) is 11.8 Å². The lowest BCUT2D eigenvalue weighted by Crippen LogP contribution is -2.48. The third kappa shape index (κ3) is 14.2. The summed E-state index contributed by atoms with van der Waals surface area (Å²) in [6.07, 6.45) is 17.9. The first-order valence-corrected chi connectivity index (χ1v) is 15.0. The Morgan fingerprint density at radius 2 is 1.44 bits per heavy atom. The Labute approximate surface area is 221 Å². The van der Waals surface area contributed by atoms with Gasteiger partial charge in [0.1, 0.15) is 18.2 Å². The maximum Gasteiger partial charge on any atom is 0.328 e. The van der Waals surface area contributed by atoms with Gasteiger partial charge >= 0.3 is 11.9 Å². The molecule has 1 aliphatic rings. The SMILES string of the molecule is CCCCCCCCCCCC(C[C@@H]1OC(=O)[C@H]1CCCCCC)OC(=O)[C@H](CC(C)C)NC(C)=O.